The molecule has 0 bridgehead atoms. The summed E-state index contributed by atoms with van der Waals surface area (Å²) in [5.41, 5.74) is 1.20. The lowest BCUT2D eigenvalue weighted by molar-refractivity contribution is 0.237. The summed E-state index contributed by atoms with van der Waals surface area (Å²) in [5, 5.41) is 13.1. The second-order valence-electron chi connectivity index (χ2n) is 5.22. The monoisotopic (exact) mass is 246 g/mol. The highest BCUT2D eigenvalue weighted by atomic mass is 16.2. The zero-order chi connectivity index (χ0) is 12.8. The SMILES string of the molecule is CB(O)N1CCCC(CCNc2ccccc2)C1. The molecule has 18 heavy (non-hydrogen) atoms. The molecule has 0 aliphatic carbocycles. The van der Waals surface area contributed by atoms with E-state index in [4.69, 9.17) is 0 Å². The largest absolute Gasteiger partial charge is 0.437 e. The number of benzene rings is 1. The van der Waals surface area contributed by atoms with Crippen molar-refractivity contribution in [3.63, 3.8) is 0 Å². The molecular weight excluding hydrogens is 223 g/mol. The minimum Gasteiger partial charge on any atom is -0.437 e. The molecule has 2 N–H and O–H groups in total. The third-order valence-corrected chi connectivity index (χ3v) is 3.73. The highest BCUT2D eigenvalue weighted by molar-refractivity contribution is 6.45. The Hall–Kier alpha value is -0.995. The van der Waals surface area contributed by atoms with Gasteiger partial charge >= 0.3 is 7.05 Å². The maximum Gasteiger partial charge on any atom is 0.376 e. The molecule has 1 aromatic carbocycles. The topological polar surface area (TPSA) is 35.5 Å². The first kappa shape index (κ1) is 13.4. The first-order valence-corrected chi connectivity index (χ1v) is 6.97. The van der Waals surface area contributed by atoms with Crippen molar-refractivity contribution in [2.24, 2.45) is 5.92 Å². The predicted octanol–water partition coefficient (Wildman–Crippen LogP) is 2.31. The first-order chi connectivity index (χ1) is 8.75. The molecule has 1 fully saturated rings. The van der Waals surface area contributed by atoms with Crippen molar-refractivity contribution in [3.8, 4) is 0 Å². The van der Waals surface area contributed by atoms with Gasteiger partial charge in [0.15, 0.2) is 0 Å². The van der Waals surface area contributed by atoms with Gasteiger partial charge in [0.2, 0.25) is 0 Å². The molecule has 1 heterocycles. The quantitative estimate of drug-likeness (QED) is 0.782. The van der Waals surface area contributed by atoms with Crippen molar-refractivity contribution in [1.82, 2.24) is 4.81 Å². The number of rotatable bonds is 5. The molecule has 3 nitrogen and oxygen atoms in total. The van der Waals surface area contributed by atoms with Crippen LogP contribution in [0.15, 0.2) is 30.3 Å². The summed E-state index contributed by atoms with van der Waals surface area (Å²) in [6.45, 7) is 4.96. The first-order valence-electron chi connectivity index (χ1n) is 6.97. The second kappa shape index (κ2) is 6.81. The van der Waals surface area contributed by atoms with Gasteiger partial charge in [0.05, 0.1) is 0 Å². The molecule has 1 atom stereocenters. The fourth-order valence-electron chi connectivity index (χ4n) is 2.65. The van der Waals surface area contributed by atoms with Crippen molar-refractivity contribution in [2.75, 3.05) is 25.0 Å². The fraction of sp³-hybridized carbons (Fsp3) is 0.571. The Morgan fingerprint density at radius 1 is 1.39 bits per heavy atom. The molecule has 0 saturated carbocycles. The molecule has 1 aliphatic heterocycles. The van der Waals surface area contributed by atoms with Crippen LogP contribution < -0.4 is 5.32 Å². The van der Waals surface area contributed by atoms with Gasteiger partial charge in [-0.2, -0.15) is 0 Å². The Balaban J connectivity index is 1.70. The van der Waals surface area contributed by atoms with Gasteiger partial charge in [0.1, 0.15) is 0 Å². The Morgan fingerprint density at radius 2 is 2.17 bits per heavy atom. The molecule has 0 spiro atoms. The van der Waals surface area contributed by atoms with E-state index in [0.29, 0.717) is 5.92 Å². The van der Waals surface area contributed by atoms with E-state index in [9.17, 15) is 5.02 Å². The number of piperidine rings is 1. The van der Waals surface area contributed by atoms with Crippen LogP contribution in [0.3, 0.4) is 0 Å². The normalized spacial score (nSPS) is 20.7. The van der Waals surface area contributed by atoms with E-state index in [1.165, 1.54) is 24.9 Å². The fourth-order valence-corrected chi connectivity index (χ4v) is 2.65. The number of hydrogen-bond donors (Lipinski definition) is 2. The van der Waals surface area contributed by atoms with E-state index < -0.39 is 0 Å². The van der Waals surface area contributed by atoms with Gasteiger partial charge in [0, 0.05) is 12.2 Å². The van der Waals surface area contributed by atoms with Gasteiger partial charge in [0.25, 0.3) is 0 Å². The lowest BCUT2D eigenvalue weighted by Crippen LogP contribution is -2.44. The van der Waals surface area contributed by atoms with Crippen molar-refractivity contribution < 1.29 is 5.02 Å². The minimum atomic E-state index is -0.296. The highest BCUT2D eigenvalue weighted by Gasteiger charge is 2.24. The van der Waals surface area contributed by atoms with Crippen LogP contribution in [0, 0.1) is 5.92 Å². The summed E-state index contributed by atoms with van der Waals surface area (Å²) >= 11 is 0. The molecule has 98 valence electrons. The van der Waals surface area contributed by atoms with E-state index >= 15 is 0 Å². The van der Waals surface area contributed by atoms with Crippen molar-refractivity contribution in [3.05, 3.63) is 30.3 Å². The number of hydrogen-bond acceptors (Lipinski definition) is 3. The standard InChI is InChI=1S/C14H23BN2O/c1-15(18)17-11-5-6-13(12-17)9-10-16-14-7-3-2-4-8-14/h2-4,7-8,13,16,18H,5-6,9-12H2,1H3. The number of nitrogens with zero attached hydrogens (tertiary/aromatic N) is 1. The smallest absolute Gasteiger partial charge is 0.376 e. The highest BCUT2D eigenvalue weighted by Crippen LogP contribution is 2.20. The van der Waals surface area contributed by atoms with Crippen LogP contribution >= 0.6 is 0 Å². The predicted molar refractivity (Wildman–Crippen MR) is 77.7 cm³/mol. The maximum absolute atomic E-state index is 9.61. The van der Waals surface area contributed by atoms with E-state index in [1.54, 1.807) is 0 Å². The number of para-hydroxylation sites is 1. The van der Waals surface area contributed by atoms with E-state index in [2.05, 4.69) is 34.4 Å². The Bertz CT molecular complexity index is 345. The molecule has 0 aromatic heterocycles. The molecule has 0 amide bonds. The van der Waals surface area contributed by atoms with Crippen LogP contribution in [0.5, 0.6) is 0 Å². The van der Waals surface area contributed by atoms with Gasteiger partial charge in [-0.15, -0.1) is 0 Å². The number of anilines is 1. The number of nitrogens with one attached hydrogen (secondary N) is 1. The van der Waals surface area contributed by atoms with Crippen LogP contribution in [0.25, 0.3) is 0 Å². The van der Waals surface area contributed by atoms with Crippen molar-refractivity contribution in [2.45, 2.75) is 26.1 Å². The van der Waals surface area contributed by atoms with Crippen LogP contribution in [0.4, 0.5) is 5.69 Å². The summed E-state index contributed by atoms with van der Waals surface area (Å²) in [6, 6.07) is 10.3. The van der Waals surface area contributed by atoms with Gasteiger partial charge in [-0.1, -0.05) is 18.2 Å². The Kier molecular flexibility index (Phi) is 5.08. The van der Waals surface area contributed by atoms with Crippen LogP contribution in [-0.4, -0.2) is 36.5 Å². The Labute approximate surface area is 110 Å². The molecule has 1 aliphatic rings. The van der Waals surface area contributed by atoms with Gasteiger partial charge < -0.3 is 15.2 Å². The third-order valence-electron chi connectivity index (χ3n) is 3.73. The summed E-state index contributed by atoms with van der Waals surface area (Å²) < 4.78 is 0. The lowest BCUT2D eigenvalue weighted by Gasteiger charge is -2.33. The summed E-state index contributed by atoms with van der Waals surface area (Å²) in [5.74, 6) is 0.713. The van der Waals surface area contributed by atoms with E-state index in [-0.39, 0.29) is 7.05 Å². The molecule has 0 radical (unpaired) electrons. The van der Waals surface area contributed by atoms with Gasteiger partial charge in [-0.25, -0.2) is 0 Å². The summed E-state index contributed by atoms with van der Waals surface area (Å²) in [4.78, 5) is 2.18. The van der Waals surface area contributed by atoms with Crippen LogP contribution in [-0.2, 0) is 0 Å². The minimum absolute atomic E-state index is 0.296. The van der Waals surface area contributed by atoms with E-state index in [0.717, 1.165) is 19.6 Å². The molecule has 4 heteroatoms. The second-order valence-corrected chi connectivity index (χ2v) is 5.22. The van der Waals surface area contributed by atoms with Crippen LogP contribution in [0.1, 0.15) is 19.3 Å². The zero-order valence-corrected chi connectivity index (χ0v) is 11.2. The average Bonchev–Trinajstić information content (AvgIpc) is 2.40. The summed E-state index contributed by atoms with van der Waals surface area (Å²) in [7, 11) is -0.296. The lowest BCUT2D eigenvalue weighted by atomic mass is 9.80. The van der Waals surface area contributed by atoms with Crippen LogP contribution in [0.2, 0.25) is 6.82 Å². The average molecular weight is 246 g/mol. The third kappa shape index (κ3) is 4.04. The molecular formula is C14H23BN2O. The van der Waals surface area contributed by atoms with Crippen molar-refractivity contribution >= 4 is 12.7 Å². The molecule has 2 rings (SSSR count). The van der Waals surface area contributed by atoms with Gasteiger partial charge in [-0.05, 0) is 57.2 Å². The maximum atomic E-state index is 9.61. The molecule has 1 unspecified atom stereocenters. The summed E-state index contributed by atoms with van der Waals surface area (Å²) in [6.07, 6.45) is 3.68. The zero-order valence-electron chi connectivity index (χ0n) is 11.2. The Morgan fingerprint density at radius 3 is 2.89 bits per heavy atom. The molecule has 1 aromatic rings. The van der Waals surface area contributed by atoms with Crippen molar-refractivity contribution in [1.29, 1.82) is 0 Å². The van der Waals surface area contributed by atoms with Gasteiger partial charge in [-0.3, -0.25) is 0 Å². The van der Waals surface area contributed by atoms with E-state index in [1.807, 2.05) is 12.9 Å². The molecule has 1 saturated heterocycles.